The second-order valence-electron chi connectivity index (χ2n) is 5.04. The van der Waals surface area contributed by atoms with Gasteiger partial charge in [0, 0.05) is 7.05 Å². The second kappa shape index (κ2) is 8.41. The van der Waals surface area contributed by atoms with Crippen LogP contribution in [-0.4, -0.2) is 28.5 Å². The van der Waals surface area contributed by atoms with Gasteiger partial charge in [-0.2, -0.15) is 23.1 Å². The smallest absolute Gasteiger partial charge is 1.00 e. The molecule has 1 aromatic carbocycles. The third-order valence-corrected chi connectivity index (χ3v) is 4.61. The molecule has 1 aromatic heterocycles. The van der Waals surface area contributed by atoms with E-state index in [-0.39, 0.29) is 67.8 Å². The Morgan fingerprint density at radius 2 is 1.96 bits per heavy atom. The molecule has 142 valence electrons. The van der Waals surface area contributed by atoms with E-state index in [1.165, 1.54) is 6.92 Å². The molecule has 0 saturated heterocycles. The van der Waals surface area contributed by atoms with Crippen LogP contribution in [0.4, 0.5) is 23.2 Å². The Labute approximate surface area is 194 Å². The van der Waals surface area contributed by atoms with E-state index in [4.69, 9.17) is 5.26 Å². The van der Waals surface area contributed by atoms with Gasteiger partial charge in [-0.1, -0.05) is 0 Å². The number of nitrogens with zero attached hydrogens (tertiary/aromatic N) is 4. The first-order chi connectivity index (χ1) is 11.9. The van der Waals surface area contributed by atoms with E-state index in [0.717, 1.165) is 13.1 Å². The summed E-state index contributed by atoms with van der Waals surface area (Å²) in [7, 11) is -3.07. The van der Waals surface area contributed by atoms with Gasteiger partial charge in [-0.3, -0.25) is 9.29 Å². The van der Waals surface area contributed by atoms with Crippen LogP contribution in [0.25, 0.3) is 5.69 Å². The van der Waals surface area contributed by atoms with Gasteiger partial charge >= 0.3 is 63.3 Å². The molecule has 2 aromatic rings. The Morgan fingerprint density at radius 1 is 1.37 bits per heavy atom. The van der Waals surface area contributed by atoms with Crippen LogP contribution in [0.1, 0.15) is 19.7 Å². The molecule has 0 aliphatic heterocycles. The number of nitrogens with one attached hydrogen (secondary N) is 1. The standard InChI is InChI=1S/C13H11F4N5O3S.K.H/c1-3-26(24,25)20-9-5-10(8(14)4-7(9)6-18)22-12(23)21(2)11(19-22)13(15,16)17;;/h4-5,20H,3H2,1-2H3;;/q;+1;-1. The van der Waals surface area contributed by atoms with Crippen molar-refractivity contribution >= 4 is 15.7 Å². The predicted octanol–water partition coefficient (Wildman–Crippen LogP) is -1.52. The molecular formula is C13H12F4KN5O3S. The SMILES string of the molecule is CCS(=O)(=O)Nc1cc(-n2nc(C(F)(F)F)n(C)c2=O)c(F)cc1C#N.[H-].[K+]. The zero-order valence-corrected chi connectivity index (χ0v) is 18.2. The van der Waals surface area contributed by atoms with Crippen LogP contribution in [0, 0.1) is 17.1 Å². The van der Waals surface area contributed by atoms with Gasteiger partial charge in [-0.05, 0) is 19.1 Å². The topological polar surface area (TPSA) is 110 Å². The molecule has 2 rings (SSSR count). The van der Waals surface area contributed by atoms with Crippen molar-refractivity contribution in [3.05, 3.63) is 39.8 Å². The first-order valence-corrected chi connectivity index (χ1v) is 8.54. The molecule has 0 spiro atoms. The van der Waals surface area contributed by atoms with E-state index >= 15 is 0 Å². The Hall–Kier alpha value is -1.24. The molecule has 0 aliphatic carbocycles. The molecule has 0 fully saturated rings. The number of hydrogen-bond donors (Lipinski definition) is 1. The van der Waals surface area contributed by atoms with E-state index < -0.39 is 50.5 Å². The van der Waals surface area contributed by atoms with E-state index in [1.54, 1.807) is 6.07 Å². The van der Waals surface area contributed by atoms with Crippen LogP contribution in [-0.2, 0) is 23.2 Å². The second-order valence-corrected chi connectivity index (χ2v) is 7.05. The van der Waals surface area contributed by atoms with Crippen LogP contribution < -0.4 is 61.8 Å². The molecule has 0 bridgehead atoms. The van der Waals surface area contributed by atoms with Crippen molar-refractivity contribution in [1.82, 2.24) is 14.3 Å². The Morgan fingerprint density at radius 3 is 2.41 bits per heavy atom. The third-order valence-electron chi connectivity index (χ3n) is 3.32. The zero-order chi connectivity index (χ0) is 19.9. The number of anilines is 1. The van der Waals surface area contributed by atoms with Crippen molar-refractivity contribution in [2.75, 3.05) is 10.5 Å². The number of halogens is 4. The number of nitriles is 1. The maximum atomic E-state index is 14.2. The first-order valence-electron chi connectivity index (χ1n) is 6.89. The molecule has 0 amide bonds. The minimum Gasteiger partial charge on any atom is -1.00 e. The Balaban J connectivity index is 0.00000364. The van der Waals surface area contributed by atoms with Crippen LogP contribution in [0.15, 0.2) is 16.9 Å². The van der Waals surface area contributed by atoms with Crippen molar-refractivity contribution in [2.45, 2.75) is 13.1 Å². The van der Waals surface area contributed by atoms with Crippen molar-refractivity contribution in [3.8, 4) is 11.8 Å². The van der Waals surface area contributed by atoms with Gasteiger partial charge in [0.25, 0.3) is 0 Å². The van der Waals surface area contributed by atoms with Crippen LogP contribution in [0.5, 0.6) is 0 Å². The minimum absolute atomic E-state index is 0. The molecule has 8 nitrogen and oxygen atoms in total. The minimum atomic E-state index is -4.96. The summed E-state index contributed by atoms with van der Waals surface area (Å²) in [5.41, 5.74) is -2.85. The summed E-state index contributed by atoms with van der Waals surface area (Å²) < 4.78 is 78.5. The van der Waals surface area contributed by atoms with Gasteiger partial charge in [0.1, 0.15) is 11.8 Å². The average Bonchev–Trinajstić information content (AvgIpc) is 2.84. The van der Waals surface area contributed by atoms with E-state index in [0.29, 0.717) is 6.07 Å². The normalized spacial score (nSPS) is 11.6. The zero-order valence-electron chi connectivity index (χ0n) is 15.3. The van der Waals surface area contributed by atoms with Crippen molar-refractivity contribution in [3.63, 3.8) is 0 Å². The van der Waals surface area contributed by atoms with Gasteiger partial charge in [-0.25, -0.2) is 17.6 Å². The molecule has 1 heterocycles. The fourth-order valence-electron chi connectivity index (χ4n) is 1.98. The quantitative estimate of drug-likeness (QED) is 0.465. The average molecular weight is 433 g/mol. The molecular weight excluding hydrogens is 421 g/mol. The predicted molar refractivity (Wildman–Crippen MR) is 82.7 cm³/mol. The molecule has 0 saturated carbocycles. The number of rotatable bonds is 4. The summed E-state index contributed by atoms with van der Waals surface area (Å²) in [6.45, 7) is 1.30. The molecule has 0 atom stereocenters. The van der Waals surface area contributed by atoms with Gasteiger partial charge in [-0.15, -0.1) is 5.10 Å². The molecule has 1 N–H and O–H groups in total. The van der Waals surface area contributed by atoms with E-state index in [9.17, 15) is 30.8 Å². The number of alkyl halides is 3. The monoisotopic (exact) mass is 433 g/mol. The first kappa shape index (κ1) is 23.8. The third kappa shape index (κ3) is 4.98. The summed E-state index contributed by atoms with van der Waals surface area (Å²) in [4.78, 5) is 12.0. The Kier molecular flexibility index (Phi) is 7.41. The van der Waals surface area contributed by atoms with Crippen molar-refractivity contribution < 1.29 is 78.8 Å². The fourth-order valence-corrected chi connectivity index (χ4v) is 2.63. The molecule has 0 unspecified atom stereocenters. The molecule has 0 radical (unpaired) electrons. The fraction of sp³-hybridized carbons (Fsp3) is 0.308. The largest absolute Gasteiger partial charge is 1.00 e. The number of hydrogen-bond acceptors (Lipinski definition) is 5. The number of aromatic nitrogens is 3. The van der Waals surface area contributed by atoms with E-state index in [1.807, 2.05) is 4.72 Å². The maximum absolute atomic E-state index is 14.2. The molecule has 0 aliphatic rings. The van der Waals surface area contributed by atoms with Crippen molar-refractivity contribution in [2.24, 2.45) is 7.05 Å². The van der Waals surface area contributed by atoms with Gasteiger partial charge < -0.3 is 1.43 Å². The maximum Gasteiger partial charge on any atom is 1.00 e. The summed E-state index contributed by atoms with van der Waals surface area (Å²) in [5, 5.41) is 12.1. The summed E-state index contributed by atoms with van der Waals surface area (Å²) in [6, 6.07) is 2.88. The number of sulfonamides is 1. The van der Waals surface area contributed by atoms with E-state index in [2.05, 4.69) is 5.10 Å². The van der Waals surface area contributed by atoms with Gasteiger partial charge in [0.05, 0.1) is 17.0 Å². The molecule has 14 heteroatoms. The Bertz CT molecular complexity index is 1080. The molecule has 27 heavy (non-hydrogen) atoms. The van der Waals surface area contributed by atoms with Crippen molar-refractivity contribution in [1.29, 1.82) is 5.26 Å². The van der Waals surface area contributed by atoms with Gasteiger partial charge in [0.15, 0.2) is 5.82 Å². The summed E-state index contributed by atoms with van der Waals surface area (Å²) in [5.74, 6) is -3.16. The van der Waals surface area contributed by atoms with Crippen LogP contribution in [0.2, 0.25) is 0 Å². The number of benzene rings is 1. The van der Waals surface area contributed by atoms with Crippen LogP contribution in [0.3, 0.4) is 0 Å². The summed E-state index contributed by atoms with van der Waals surface area (Å²) in [6.07, 6.45) is -4.96. The summed E-state index contributed by atoms with van der Waals surface area (Å²) >= 11 is 0. The van der Waals surface area contributed by atoms with Gasteiger partial charge in [0.2, 0.25) is 15.8 Å². The van der Waals surface area contributed by atoms with Crippen LogP contribution >= 0.6 is 0 Å².